The molecule has 4 unspecified atom stereocenters. The Morgan fingerprint density at radius 2 is 2.16 bits per heavy atom. The summed E-state index contributed by atoms with van der Waals surface area (Å²) in [6, 6.07) is 1.73. The van der Waals surface area contributed by atoms with Crippen LogP contribution < -0.4 is 10.5 Å². The van der Waals surface area contributed by atoms with Crippen LogP contribution in [0.3, 0.4) is 0 Å². The third kappa shape index (κ3) is 3.04. The smallest absolute Gasteiger partial charge is 0.252 e. The van der Waals surface area contributed by atoms with Crippen LogP contribution in [0.1, 0.15) is 59.5 Å². The Hall–Kier alpha value is -1.26. The molecular weight excluding hydrogens is 336 g/mol. The number of benzene rings is 1. The van der Waals surface area contributed by atoms with Crippen LogP contribution in [-0.4, -0.2) is 37.6 Å². The van der Waals surface area contributed by atoms with Crippen molar-refractivity contribution < 1.29 is 9.53 Å². The minimum atomic E-state index is -0.470. The number of amides is 1. The molecule has 0 radical (unpaired) electrons. The second-order valence-corrected chi connectivity index (χ2v) is 8.37. The summed E-state index contributed by atoms with van der Waals surface area (Å²) in [7, 11) is 1.62. The third-order valence-electron chi connectivity index (χ3n) is 6.46. The van der Waals surface area contributed by atoms with Gasteiger partial charge in [0.1, 0.15) is 5.75 Å². The molecule has 0 aromatic heterocycles. The number of carbonyl (C=O) groups is 1. The van der Waals surface area contributed by atoms with E-state index >= 15 is 0 Å². The van der Waals surface area contributed by atoms with Crippen LogP contribution in [0.25, 0.3) is 0 Å². The number of piperidine rings is 2. The lowest BCUT2D eigenvalue weighted by molar-refractivity contribution is 0.0677. The Labute approximate surface area is 154 Å². The molecule has 0 spiro atoms. The first-order valence-corrected chi connectivity index (χ1v) is 9.87. The molecule has 4 atom stereocenters. The van der Waals surface area contributed by atoms with Crippen LogP contribution in [-0.2, 0) is 6.42 Å². The summed E-state index contributed by atoms with van der Waals surface area (Å²) in [4.78, 5) is 14.4. The molecule has 1 aromatic carbocycles. The summed E-state index contributed by atoms with van der Waals surface area (Å²) in [6.07, 6.45) is 7.22. The fraction of sp³-hybridized carbons (Fsp3) is 0.650. The maximum absolute atomic E-state index is 11.8. The van der Waals surface area contributed by atoms with Crippen molar-refractivity contribution in [1.82, 2.24) is 4.90 Å². The second-order valence-electron chi connectivity index (χ2n) is 7.96. The molecule has 2 aliphatic heterocycles. The van der Waals surface area contributed by atoms with Gasteiger partial charge in [-0.2, -0.15) is 0 Å². The predicted octanol–water partition coefficient (Wildman–Crippen LogP) is 3.60. The zero-order valence-corrected chi connectivity index (χ0v) is 15.6. The Morgan fingerprint density at radius 3 is 2.88 bits per heavy atom. The van der Waals surface area contributed by atoms with Crippen molar-refractivity contribution in [2.45, 2.75) is 44.4 Å². The lowest BCUT2D eigenvalue weighted by atomic mass is 9.69. The normalized spacial score (nSPS) is 31.3. The van der Waals surface area contributed by atoms with Gasteiger partial charge in [0.05, 0.1) is 12.7 Å². The summed E-state index contributed by atoms with van der Waals surface area (Å²) in [6.45, 7) is 3.69. The van der Waals surface area contributed by atoms with E-state index in [0.29, 0.717) is 28.2 Å². The van der Waals surface area contributed by atoms with Crippen molar-refractivity contribution in [3.8, 4) is 5.75 Å². The number of rotatable bonds is 3. The van der Waals surface area contributed by atoms with E-state index < -0.39 is 5.91 Å². The molecule has 1 aromatic rings. The maximum Gasteiger partial charge on any atom is 0.252 e. The van der Waals surface area contributed by atoms with Gasteiger partial charge < -0.3 is 15.4 Å². The molecule has 136 valence electrons. The van der Waals surface area contributed by atoms with E-state index in [-0.39, 0.29) is 0 Å². The van der Waals surface area contributed by atoms with Gasteiger partial charge in [-0.15, -0.1) is 0 Å². The van der Waals surface area contributed by atoms with Crippen LogP contribution in [0.15, 0.2) is 6.07 Å². The Morgan fingerprint density at radius 1 is 1.32 bits per heavy atom. The van der Waals surface area contributed by atoms with Crippen molar-refractivity contribution >= 4 is 17.5 Å². The fourth-order valence-corrected chi connectivity index (χ4v) is 5.88. The standard InChI is InChI=1S/C20H27ClN2O2/c1-25-19-15-6-2-5-14(18(15)17(21)9-16(19)20(22)24)13-8-12-4-3-7-23(10-12)11-13/h9,12-14H,2-8,10-11H2,1H3,(H2,22,24). The van der Waals surface area contributed by atoms with Crippen LogP contribution in [0, 0.1) is 11.8 Å². The number of nitrogens with two attached hydrogens (primary N) is 1. The predicted molar refractivity (Wildman–Crippen MR) is 99.5 cm³/mol. The average Bonchev–Trinajstić information content (AvgIpc) is 2.60. The lowest BCUT2D eigenvalue weighted by Gasteiger charge is -2.45. The maximum atomic E-state index is 11.8. The van der Waals surface area contributed by atoms with Crippen LogP contribution in [0.5, 0.6) is 5.75 Å². The molecule has 2 bridgehead atoms. The number of hydrogen-bond donors (Lipinski definition) is 1. The summed E-state index contributed by atoms with van der Waals surface area (Å²) in [5, 5.41) is 0.694. The van der Waals surface area contributed by atoms with E-state index in [0.717, 1.165) is 24.3 Å². The molecule has 25 heavy (non-hydrogen) atoms. The molecule has 2 N–H and O–H groups in total. The van der Waals surface area contributed by atoms with E-state index in [9.17, 15) is 4.79 Å². The first-order valence-electron chi connectivity index (χ1n) is 9.50. The molecule has 0 saturated carbocycles. The third-order valence-corrected chi connectivity index (χ3v) is 6.77. The van der Waals surface area contributed by atoms with E-state index in [1.165, 1.54) is 50.9 Å². The van der Waals surface area contributed by atoms with Gasteiger partial charge in [0.25, 0.3) is 5.91 Å². The average molecular weight is 363 g/mol. The summed E-state index contributed by atoms with van der Waals surface area (Å²) in [5.41, 5.74) is 8.30. The molecule has 2 saturated heterocycles. The SMILES string of the molecule is COc1c(C(N)=O)cc(Cl)c2c1CCCC2C1CC2CCCN(C2)C1. The van der Waals surface area contributed by atoms with Gasteiger partial charge in [0.2, 0.25) is 0 Å². The van der Waals surface area contributed by atoms with Crippen molar-refractivity contribution in [3.63, 3.8) is 0 Å². The summed E-state index contributed by atoms with van der Waals surface area (Å²) in [5.74, 6) is 2.13. The second kappa shape index (κ2) is 6.81. The monoisotopic (exact) mass is 362 g/mol. The number of halogens is 1. The van der Waals surface area contributed by atoms with Gasteiger partial charge in [-0.3, -0.25) is 4.79 Å². The van der Waals surface area contributed by atoms with Crippen molar-refractivity contribution in [3.05, 3.63) is 27.8 Å². The van der Waals surface area contributed by atoms with Crippen molar-refractivity contribution in [2.75, 3.05) is 26.7 Å². The number of nitrogens with zero attached hydrogens (tertiary/aromatic N) is 1. The molecule has 4 rings (SSSR count). The largest absolute Gasteiger partial charge is 0.496 e. The number of ether oxygens (including phenoxy) is 1. The van der Waals surface area contributed by atoms with Gasteiger partial charge >= 0.3 is 0 Å². The minimum absolute atomic E-state index is 0.413. The van der Waals surface area contributed by atoms with Crippen molar-refractivity contribution in [2.24, 2.45) is 17.6 Å². The molecular formula is C20H27ClN2O2. The Balaban J connectivity index is 1.73. The van der Waals surface area contributed by atoms with E-state index in [2.05, 4.69) is 4.90 Å². The van der Waals surface area contributed by atoms with Gasteiger partial charge in [0, 0.05) is 18.1 Å². The first-order chi connectivity index (χ1) is 12.1. The highest BCUT2D eigenvalue weighted by Gasteiger charge is 2.38. The lowest BCUT2D eigenvalue weighted by Crippen LogP contribution is -2.46. The fourth-order valence-electron chi connectivity index (χ4n) is 5.51. The highest BCUT2D eigenvalue weighted by molar-refractivity contribution is 6.32. The van der Waals surface area contributed by atoms with Crippen LogP contribution in [0.4, 0.5) is 0 Å². The summed E-state index contributed by atoms with van der Waals surface area (Å²) >= 11 is 6.68. The van der Waals surface area contributed by atoms with Crippen molar-refractivity contribution in [1.29, 1.82) is 0 Å². The number of primary amides is 1. The van der Waals surface area contributed by atoms with Gasteiger partial charge in [-0.25, -0.2) is 0 Å². The molecule has 2 fully saturated rings. The minimum Gasteiger partial charge on any atom is -0.496 e. The number of fused-ring (bicyclic) bond motifs is 3. The van der Waals surface area contributed by atoms with Crippen LogP contribution >= 0.6 is 11.6 Å². The zero-order valence-electron chi connectivity index (χ0n) is 14.9. The quantitative estimate of drug-likeness (QED) is 0.893. The Kier molecular flexibility index (Phi) is 4.67. The zero-order chi connectivity index (χ0) is 17.6. The molecule has 1 aliphatic carbocycles. The van der Waals surface area contributed by atoms with Crippen LogP contribution in [0.2, 0.25) is 5.02 Å². The summed E-state index contributed by atoms with van der Waals surface area (Å²) < 4.78 is 5.60. The topological polar surface area (TPSA) is 55.6 Å². The Bertz CT molecular complexity index is 679. The number of hydrogen-bond acceptors (Lipinski definition) is 3. The first kappa shape index (κ1) is 17.2. The van der Waals surface area contributed by atoms with E-state index in [1.54, 1.807) is 13.2 Å². The highest BCUT2D eigenvalue weighted by atomic mass is 35.5. The van der Waals surface area contributed by atoms with Gasteiger partial charge in [-0.05, 0) is 80.0 Å². The van der Waals surface area contributed by atoms with Gasteiger partial charge in [-0.1, -0.05) is 11.6 Å². The number of carbonyl (C=O) groups excluding carboxylic acids is 1. The van der Waals surface area contributed by atoms with E-state index in [1.807, 2.05) is 0 Å². The van der Waals surface area contributed by atoms with E-state index in [4.69, 9.17) is 22.1 Å². The highest BCUT2D eigenvalue weighted by Crippen LogP contribution is 2.48. The molecule has 5 heteroatoms. The molecule has 1 amide bonds. The molecule has 2 heterocycles. The number of methoxy groups -OCH3 is 1. The van der Waals surface area contributed by atoms with Gasteiger partial charge in [0.15, 0.2) is 0 Å². The molecule has 4 nitrogen and oxygen atoms in total. The molecule has 3 aliphatic rings.